The Morgan fingerprint density at radius 2 is 1.76 bits per heavy atom. The van der Waals surface area contributed by atoms with Gasteiger partial charge in [0.05, 0.1) is 0 Å². The molecule has 0 fully saturated rings. The van der Waals surface area contributed by atoms with Crippen molar-refractivity contribution >= 4 is 5.91 Å². The Labute approximate surface area is 153 Å². The molecule has 0 aliphatic rings. The molecule has 1 amide bonds. The Morgan fingerprint density at radius 1 is 1.12 bits per heavy atom. The van der Waals surface area contributed by atoms with Crippen molar-refractivity contribution < 1.29 is 9.53 Å². The number of ether oxygens (including phenoxy) is 1. The lowest BCUT2D eigenvalue weighted by atomic mass is 9.82. The Kier molecular flexibility index (Phi) is 7.48. The average molecular weight is 349 g/mol. The first-order valence-electron chi connectivity index (χ1n) is 9.07. The lowest BCUT2D eigenvalue weighted by Crippen LogP contribution is -2.34. The van der Waals surface area contributed by atoms with Crippen molar-refractivity contribution in [1.29, 1.82) is 0 Å². The summed E-state index contributed by atoms with van der Waals surface area (Å²) >= 11 is 0. The van der Waals surface area contributed by atoms with Gasteiger partial charge in [-0.3, -0.25) is 4.79 Å². The standard InChI is InChI=1S/C21H36N2O2/c1-20(2,3)14-16-10-9-11-17(21(4,5)6)19(16)25-15-18(24)22-12-13-23(7)8/h9-11H,12-15H2,1-8H3,(H,22,24). The maximum absolute atomic E-state index is 12.1. The van der Waals surface area contributed by atoms with Gasteiger partial charge in [0.25, 0.3) is 5.91 Å². The van der Waals surface area contributed by atoms with Crippen LogP contribution in [-0.2, 0) is 16.6 Å². The van der Waals surface area contributed by atoms with E-state index >= 15 is 0 Å². The SMILES string of the molecule is CN(C)CCNC(=O)COc1c(CC(C)(C)C)cccc1C(C)(C)C. The topological polar surface area (TPSA) is 41.6 Å². The molecule has 1 aromatic rings. The van der Waals surface area contributed by atoms with E-state index < -0.39 is 0 Å². The van der Waals surface area contributed by atoms with Crippen molar-refractivity contribution in [3.8, 4) is 5.75 Å². The van der Waals surface area contributed by atoms with Crippen LogP contribution >= 0.6 is 0 Å². The highest BCUT2D eigenvalue weighted by Gasteiger charge is 2.24. The summed E-state index contributed by atoms with van der Waals surface area (Å²) < 4.78 is 6.03. The molecule has 0 atom stereocenters. The molecule has 0 aliphatic heterocycles. The molecule has 4 heteroatoms. The summed E-state index contributed by atoms with van der Waals surface area (Å²) in [7, 11) is 3.97. The molecular formula is C21H36N2O2. The molecular weight excluding hydrogens is 312 g/mol. The number of amides is 1. The lowest BCUT2D eigenvalue weighted by Gasteiger charge is -2.27. The van der Waals surface area contributed by atoms with Crippen LogP contribution in [0, 0.1) is 5.41 Å². The molecule has 142 valence electrons. The van der Waals surface area contributed by atoms with E-state index in [9.17, 15) is 4.79 Å². The second-order valence-electron chi connectivity index (χ2n) is 9.22. The minimum Gasteiger partial charge on any atom is -0.483 e. The number of hydrogen-bond acceptors (Lipinski definition) is 3. The fraction of sp³-hybridized carbons (Fsp3) is 0.667. The third-order valence-electron chi connectivity index (χ3n) is 3.85. The summed E-state index contributed by atoms with van der Waals surface area (Å²) in [6.07, 6.45) is 0.911. The fourth-order valence-electron chi connectivity index (χ4n) is 2.66. The van der Waals surface area contributed by atoms with Crippen LogP contribution in [0.25, 0.3) is 0 Å². The average Bonchev–Trinajstić information content (AvgIpc) is 2.42. The van der Waals surface area contributed by atoms with Crippen LogP contribution in [0.5, 0.6) is 5.75 Å². The van der Waals surface area contributed by atoms with Crippen molar-refractivity contribution in [2.75, 3.05) is 33.8 Å². The van der Waals surface area contributed by atoms with Gasteiger partial charge >= 0.3 is 0 Å². The summed E-state index contributed by atoms with van der Waals surface area (Å²) in [5.74, 6) is 0.792. The van der Waals surface area contributed by atoms with Gasteiger partial charge in [-0.15, -0.1) is 0 Å². The quantitative estimate of drug-likeness (QED) is 0.818. The largest absolute Gasteiger partial charge is 0.483 e. The van der Waals surface area contributed by atoms with Crippen LogP contribution < -0.4 is 10.1 Å². The van der Waals surface area contributed by atoms with E-state index in [1.54, 1.807) is 0 Å². The number of rotatable bonds is 7. The third-order valence-corrected chi connectivity index (χ3v) is 3.85. The van der Waals surface area contributed by atoms with Gasteiger partial charge in [0, 0.05) is 13.1 Å². The monoisotopic (exact) mass is 348 g/mol. The van der Waals surface area contributed by atoms with Gasteiger partial charge in [0.2, 0.25) is 0 Å². The fourth-order valence-corrected chi connectivity index (χ4v) is 2.66. The summed E-state index contributed by atoms with van der Waals surface area (Å²) in [4.78, 5) is 14.1. The molecule has 4 nitrogen and oxygen atoms in total. The van der Waals surface area contributed by atoms with Crippen molar-refractivity contribution in [3.05, 3.63) is 29.3 Å². The van der Waals surface area contributed by atoms with E-state index in [4.69, 9.17) is 4.74 Å². The maximum Gasteiger partial charge on any atom is 0.257 e. The second kappa shape index (κ2) is 8.70. The molecule has 0 unspecified atom stereocenters. The Balaban J connectivity index is 2.92. The first kappa shape index (κ1) is 21.5. The normalized spacial score (nSPS) is 12.4. The van der Waals surface area contributed by atoms with E-state index in [2.05, 4.69) is 65.1 Å². The van der Waals surface area contributed by atoms with Crippen molar-refractivity contribution in [2.45, 2.75) is 53.4 Å². The summed E-state index contributed by atoms with van der Waals surface area (Å²) in [5, 5.41) is 2.90. The van der Waals surface area contributed by atoms with Gasteiger partial charge in [-0.05, 0) is 42.5 Å². The zero-order valence-corrected chi connectivity index (χ0v) is 17.3. The molecule has 0 radical (unpaired) electrons. The van der Waals surface area contributed by atoms with Crippen LogP contribution in [0.1, 0.15) is 52.7 Å². The van der Waals surface area contributed by atoms with Crippen LogP contribution in [0.4, 0.5) is 0 Å². The zero-order valence-electron chi connectivity index (χ0n) is 17.3. The Morgan fingerprint density at radius 3 is 2.28 bits per heavy atom. The second-order valence-corrected chi connectivity index (χ2v) is 9.22. The predicted octanol–water partition coefficient (Wildman–Crippen LogP) is 3.63. The summed E-state index contributed by atoms with van der Waals surface area (Å²) in [6, 6.07) is 6.30. The van der Waals surface area contributed by atoms with Crippen LogP contribution in [-0.4, -0.2) is 44.6 Å². The molecule has 0 spiro atoms. The number of para-hydroxylation sites is 1. The first-order chi connectivity index (χ1) is 11.4. The number of hydrogen-bond donors (Lipinski definition) is 1. The molecule has 1 N–H and O–H groups in total. The van der Waals surface area contributed by atoms with Crippen molar-refractivity contribution in [2.24, 2.45) is 5.41 Å². The highest BCUT2D eigenvalue weighted by molar-refractivity contribution is 5.77. The predicted molar refractivity (Wildman–Crippen MR) is 105 cm³/mol. The number of carbonyl (C=O) groups is 1. The zero-order chi connectivity index (χ0) is 19.3. The van der Waals surface area contributed by atoms with E-state index in [1.165, 1.54) is 5.56 Å². The van der Waals surface area contributed by atoms with Gasteiger partial charge in [-0.25, -0.2) is 0 Å². The number of nitrogens with zero attached hydrogens (tertiary/aromatic N) is 1. The molecule has 0 aromatic heterocycles. The van der Waals surface area contributed by atoms with E-state index in [-0.39, 0.29) is 23.3 Å². The van der Waals surface area contributed by atoms with Crippen molar-refractivity contribution in [3.63, 3.8) is 0 Å². The lowest BCUT2D eigenvalue weighted by molar-refractivity contribution is -0.123. The van der Waals surface area contributed by atoms with Crippen LogP contribution in [0.3, 0.4) is 0 Å². The number of likely N-dealkylation sites (N-methyl/N-ethyl adjacent to an activating group) is 1. The summed E-state index contributed by atoms with van der Waals surface area (Å²) in [6.45, 7) is 14.7. The van der Waals surface area contributed by atoms with Gasteiger partial charge in [0.15, 0.2) is 6.61 Å². The maximum atomic E-state index is 12.1. The minimum absolute atomic E-state index is 0.0371. The van der Waals surface area contributed by atoms with Crippen molar-refractivity contribution in [1.82, 2.24) is 10.2 Å². The van der Waals surface area contributed by atoms with Crippen LogP contribution in [0.15, 0.2) is 18.2 Å². The minimum atomic E-state index is -0.0766. The number of nitrogens with one attached hydrogen (secondary N) is 1. The Bertz CT molecular complexity index is 566. The molecule has 0 aliphatic carbocycles. The molecule has 0 saturated heterocycles. The molecule has 0 bridgehead atoms. The van der Waals surface area contributed by atoms with E-state index in [0.717, 1.165) is 24.3 Å². The molecule has 0 heterocycles. The van der Waals surface area contributed by atoms with Gasteiger partial charge in [-0.2, -0.15) is 0 Å². The molecule has 1 rings (SSSR count). The van der Waals surface area contributed by atoms with Gasteiger partial charge in [0.1, 0.15) is 5.75 Å². The smallest absolute Gasteiger partial charge is 0.257 e. The summed E-state index contributed by atoms with van der Waals surface area (Å²) in [5.41, 5.74) is 2.43. The molecule has 25 heavy (non-hydrogen) atoms. The number of benzene rings is 1. The highest BCUT2D eigenvalue weighted by atomic mass is 16.5. The van der Waals surface area contributed by atoms with Gasteiger partial charge in [-0.1, -0.05) is 59.7 Å². The number of carbonyl (C=O) groups excluding carboxylic acids is 1. The van der Waals surface area contributed by atoms with Crippen LogP contribution in [0.2, 0.25) is 0 Å². The Hall–Kier alpha value is -1.55. The van der Waals surface area contributed by atoms with E-state index in [0.29, 0.717) is 6.54 Å². The van der Waals surface area contributed by atoms with E-state index in [1.807, 2.05) is 19.0 Å². The third kappa shape index (κ3) is 7.91. The first-order valence-corrected chi connectivity index (χ1v) is 9.07. The van der Waals surface area contributed by atoms with Gasteiger partial charge < -0.3 is 15.0 Å². The molecule has 0 saturated carbocycles. The highest BCUT2D eigenvalue weighted by Crippen LogP contribution is 2.36. The molecule has 1 aromatic carbocycles.